The van der Waals surface area contributed by atoms with Crippen molar-refractivity contribution in [2.45, 2.75) is 13.3 Å². The first kappa shape index (κ1) is 19.4. The number of nitrogens with zero attached hydrogens (tertiary/aromatic N) is 3. The van der Waals surface area contributed by atoms with Crippen molar-refractivity contribution in [1.82, 2.24) is 9.97 Å². The Hall–Kier alpha value is -2.97. The summed E-state index contributed by atoms with van der Waals surface area (Å²) in [5, 5.41) is 8.72. The Labute approximate surface area is 173 Å². The predicted octanol–water partition coefficient (Wildman–Crippen LogP) is 3.61. The van der Waals surface area contributed by atoms with Crippen LogP contribution in [0.5, 0.6) is 0 Å². The number of nitrogens with one attached hydrogen (secondary N) is 2. The molecule has 1 aliphatic rings. The molecule has 4 rings (SSSR count). The fourth-order valence-electron chi connectivity index (χ4n) is 3.11. The second-order valence-corrected chi connectivity index (χ2v) is 7.72. The Kier molecular flexibility index (Phi) is 6.02. The Morgan fingerprint density at radius 1 is 1.21 bits per heavy atom. The van der Waals surface area contributed by atoms with Crippen molar-refractivity contribution in [3.8, 4) is 0 Å². The van der Waals surface area contributed by atoms with Crippen LogP contribution < -0.4 is 15.5 Å². The SMILES string of the molecule is Cc1ccnc(Nc2nc(CC(=O)Nc3ccc(N4CCOCC4)cc3)cs2)c1. The molecule has 2 N–H and O–H groups in total. The highest BCUT2D eigenvalue weighted by Gasteiger charge is 2.12. The molecule has 7 nitrogen and oxygen atoms in total. The Morgan fingerprint density at radius 2 is 2.00 bits per heavy atom. The maximum absolute atomic E-state index is 12.4. The summed E-state index contributed by atoms with van der Waals surface area (Å²) in [6.07, 6.45) is 1.98. The van der Waals surface area contributed by atoms with E-state index in [4.69, 9.17) is 4.74 Å². The largest absolute Gasteiger partial charge is 0.378 e. The van der Waals surface area contributed by atoms with E-state index < -0.39 is 0 Å². The predicted molar refractivity (Wildman–Crippen MR) is 116 cm³/mol. The van der Waals surface area contributed by atoms with Gasteiger partial charge in [-0.05, 0) is 48.9 Å². The first-order valence-electron chi connectivity index (χ1n) is 9.52. The van der Waals surface area contributed by atoms with Gasteiger partial charge < -0.3 is 20.3 Å². The van der Waals surface area contributed by atoms with E-state index in [2.05, 4.69) is 25.5 Å². The number of rotatable bonds is 6. The molecule has 0 saturated carbocycles. The van der Waals surface area contributed by atoms with Crippen molar-refractivity contribution in [3.05, 3.63) is 59.2 Å². The van der Waals surface area contributed by atoms with Gasteiger partial charge in [0.15, 0.2) is 5.13 Å². The van der Waals surface area contributed by atoms with E-state index in [1.165, 1.54) is 11.3 Å². The van der Waals surface area contributed by atoms with Crippen LogP contribution in [0.1, 0.15) is 11.3 Å². The lowest BCUT2D eigenvalue weighted by molar-refractivity contribution is -0.115. The molecule has 0 radical (unpaired) electrons. The minimum atomic E-state index is -0.0883. The Bertz CT molecular complexity index is 967. The molecule has 150 valence electrons. The molecule has 8 heteroatoms. The van der Waals surface area contributed by atoms with Gasteiger partial charge in [0.25, 0.3) is 0 Å². The zero-order chi connectivity index (χ0) is 20.1. The number of aryl methyl sites for hydroxylation is 1. The lowest BCUT2D eigenvalue weighted by Crippen LogP contribution is -2.36. The number of morpholine rings is 1. The van der Waals surface area contributed by atoms with Crippen LogP contribution in [0.25, 0.3) is 0 Å². The molecule has 0 atom stereocenters. The Balaban J connectivity index is 1.31. The average Bonchev–Trinajstić information content (AvgIpc) is 3.15. The molecule has 1 aromatic carbocycles. The summed E-state index contributed by atoms with van der Waals surface area (Å²) in [7, 11) is 0. The molecule has 2 aromatic heterocycles. The second kappa shape index (κ2) is 9.02. The number of thiazole rings is 1. The molecule has 29 heavy (non-hydrogen) atoms. The molecule has 0 aliphatic carbocycles. The monoisotopic (exact) mass is 409 g/mol. The van der Waals surface area contributed by atoms with E-state index in [-0.39, 0.29) is 12.3 Å². The number of hydrogen-bond donors (Lipinski definition) is 2. The van der Waals surface area contributed by atoms with Gasteiger partial charge >= 0.3 is 0 Å². The highest BCUT2D eigenvalue weighted by atomic mass is 32.1. The maximum Gasteiger partial charge on any atom is 0.230 e. The number of anilines is 4. The van der Waals surface area contributed by atoms with Gasteiger partial charge in [0, 0.05) is 36.0 Å². The van der Waals surface area contributed by atoms with Crippen molar-refractivity contribution < 1.29 is 9.53 Å². The molecule has 3 heterocycles. The summed E-state index contributed by atoms with van der Waals surface area (Å²) < 4.78 is 5.38. The van der Waals surface area contributed by atoms with Gasteiger partial charge in [-0.3, -0.25) is 4.79 Å². The number of carbonyl (C=O) groups excluding carboxylic acids is 1. The number of pyridine rings is 1. The van der Waals surface area contributed by atoms with Crippen molar-refractivity contribution in [1.29, 1.82) is 0 Å². The fraction of sp³-hybridized carbons (Fsp3) is 0.286. The molecule has 1 saturated heterocycles. The zero-order valence-corrected chi connectivity index (χ0v) is 17.0. The third kappa shape index (κ3) is 5.30. The topological polar surface area (TPSA) is 79.4 Å². The molecule has 1 amide bonds. The number of aromatic nitrogens is 2. The first-order valence-corrected chi connectivity index (χ1v) is 10.4. The van der Waals surface area contributed by atoms with Crippen LogP contribution in [0, 0.1) is 6.92 Å². The van der Waals surface area contributed by atoms with Gasteiger partial charge in [-0.1, -0.05) is 0 Å². The fourth-order valence-corrected chi connectivity index (χ4v) is 3.82. The van der Waals surface area contributed by atoms with Crippen LogP contribution in [0.3, 0.4) is 0 Å². The highest BCUT2D eigenvalue weighted by Crippen LogP contribution is 2.22. The van der Waals surface area contributed by atoms with Crippen LogP contribution in [-0.2, 0) is 16.0 Å². The van der Waals surface area contributed by atoms with E-state index in [0.29, 0.717) is 0 Å². The number of amides is 1. The number of benzene rings is 1. The van der Waals surface area contributed by atoms with E-state index in [0.717, 1.165) is 59.9 Å². The number of ether oxygens (including phenoxy) is 1. The smallest absolute Gasteiger partial charge is 0.230 e. The molecule has 0 unspecified atom stereocenters. The number of hydrogen-bond acceptors (Lipinski definition) is 7. The molecular weight excluding hydrogens is 386 g/mol. The van der Waals surface area contributed by atoms with Gasteiger partial charge in [0.2, 0.25) is 5.91 Å². The van der Waals surface area contributed by atoms with Crippen LogP contribution >= 0.6 is 11.3 Å². The summed E-state index contributed by atoms with van der Waals surface area (Å²) in [6.45, 7) is 5.30. The van der Waals surface area contributed by atoms with Gasteiger partial charge in [0.1, 0.15) is 5.82 Å². The third-order valence-electron chi connectivity index (χ3n) is 4.57. The molecule has 1 fully saturated rings. The highest BCUT2D eigenvalue weighted by molar-refractivity contribution is 7.13. The summed E-state index contributed by atoms with van der Waals surface area (Å²) in [5.74, 6) is 0.658. The van der Waals surface area contributed by atoms with Crippen LogP contribution in [0.4, 0.5) is 22.3 Å². The Morgan fingerprint density at radius 3 is 2.76 bits per heavy atom. The van der Waals surface area contributed by atoms with Crippen molar-refractivity contribution >= 4 is 39.6 Å². The molecular formula is C21H23N5O2S. The van der Waals surface area contributed by atoms with E-state index >= 15 is 0 Å². The van der Waals surface area contributed by atoms with E-state index in [1.54, 1.807) is 6.20 Å². The lowest BCUT2D eigenvalue weighted by Gasteiger charge is -2.28. The van der Waals surface area contributed by atoms with Crippen molar-refractivity contribution in [2.75, 3.05) is 41.8 Å². The summed E-state index contributed by atoms with van der Waals surface area (Å²) in [4.78, 5) is 23.4. The summed E-state index contributed by atoms with van der Waals surface area (Å²) in [6, 6.07) is 11.8. The van der Waals surface area contributed by atoms with Crippen LogP contribution in [-0.4, -0.2) is 42.2 Å². The lowest BCUT2D eigenvalue weighted by atomic mass is 10.2. The van der Waals surface area contributed by atoms with E-state index in [1.807, 2.05) is 48.7 Å². The minimum absolute atomic E-state index is 0.0883. The third-order valence-corrected chi connectivity index (χ3v) is 5.38. The van der Waals surface area contributed by atoms with Gasteiger partial charge in [0.05, 0.1) is 25.3 Å². The normalized spacial score (nSPS) is 13.9. The van der Waals surface area contributed by atoms with Crippen molar-refractivity contribution in [2.24, 2.45) is 0 Å². The maximum atomic E-state index is 12.4. The summed E-state index contributed by atoms with van der Waals surface area (Å²) >= 11 is 1.46. The second-order valence-electron chi connectivity index (χ2n) is 6.86. The molecule has 3 aromatic rings. The number of carbonyl (C=O) groups is 1. The van der Waals surface area contributed by atoms with Gasteiger partial charge in [-0.2, -0.15) is 0 Å². The van der Waals surface area contributed by atoms with Gasteiger partial charge in [-0.15, -0.1) is 11.3 Å². The van der Waals surface area contributed by atoms with Crippen molar-refractivity contribution in [3.63, 3.8) is 0 Å². The summed E-state index contributed by atoms with van der Waals surface area (Å²) in [5.41, 5.74) is 3.78. The quantitative estimate of drug-likeness (QED) is 0.648. The molecule has 0 spiro atoms. The van der Waals surface area contributed by atoms with Crippen LogP contribution in [0.2, 0.25) is 0 Å². The zero-order valence-electron chi connectivity index (χ0n) is 16.2. The molecule has 0 bridgehead atoms. The molecule has 1 aliphatic heterocycles. The average molecular weight is 410 g/mol. The standard InChI is InChI=1S/C21H23N5O2S/c1-15-6-7-22-19(12-15)25-21-24-17(14-29-21)13-20(27)23-16-2-4-18(5-3-16)26-8-10-28-11-9-26/h2-7,12,14H,8-11,13H2,1H3,(H,23,27)(H,22,24,25). The van der Waals surface area contributed by atoms with Gasteiger partial charge in [-0.25, -0.2) is 9.97 Å². The van der Waals surface area contributed by atoms with Crippen LogP contribution in [0.15, 0.2) is 48.0 Å². The first-order chi connectivity index (χ1) is 14.2. The minimum Gasteiger partial charge on any atom is -0.378 e. The van der Waals surface area contributed by atoms with E-state index in [9.17, 15) is 4.79 Å².